The molecule has 1 aromatic rings. The molecule has 0 bridgehead atoms. The maximum atomic E-state index is 12.6. The summed E-state index contributed by atoms with van der Waals surface area (Å²) in [6, 6.07) is 6.64. The highest BCUT2D eigenvalue weighted by atomic mass is 32.2. The molecule has 1 aromatic carbocycles. The average molecular weight is 441 g/mol. The standard InChI is InChI=1S/C20H36BNO5SSi/c1-18(2,3)29(8,9)25-15-14-22-28(23,24)17-12-10-16(11-13-17)21-26-19(4,5)20(6,7)27-21/h10-13,22H,14-15H2,1-9H3. The minimum Gasteiger partial charge on any atom is -0.415 e. The average Bonchev–Trinajstić information content (AvgIpc) is 2.79. The van der Waals surface area contributed by atoms with Crippen LogP contribution in [-0.4, -0.2) is 48.2 Å². The maximum absolute atomic E-state index is 12.6. The molecule has 0 aliphatic carbocycles. The van der Waals surface area contributed by atoms with Crippen LogP contribution in [0.15, 0.2) is 29.2 Å². The van der Waals surface area contributed by atoms with Crippen LogP contribution in [0, 0.1) is 0 Å². The van der Waals surface area contributed by atoms with Gasteiger partial charge in [0.1, 0.15) is 0 Å². The van der Waals surface area contributed by atoms with Crippen LogP contribution < -0.4 is 10.2 Å². The summed E-state index contributed by atoms with van der Waals surface area (Å²) >= 11 is 0. The summed E-state index contributed by atoms with van der Waals surface area (Å²) in [4.78, 5) is 0.213. The first-order chi connectivity index (χ1) is 13.0. The molecular formula is C20H36BNO5SSi. The Hall–Kier alpha value is -0.708. The molecule has 2 rings (SSSR count). The molecule has 29 heavy (non-hydrogen) atoms. The van der Waals surface area contributed by atoms with Gasteiger partial charge < -0.3 is 13.7 Å². The fraction of sp³-hybridized carbons (Fsp3) is 0.700. The number of hydrogen-bond acceptors (Lipinski definition) is 5. The van der Waals surface area contributed by atoms with E-state index in [0.29, 0.717) is 6.61 Å². The van der Waals surface area contributed by atoms with E-state index < -0.39 is 36.7 Å². The van der Waals surface area contributed by atoms with Crippen molar-refractivity contribution in [2.45, 2.75) is 82.7 Å². The molecule has 1 N–H and O–H groups in total. The highest BCUT2D eigenvalue weighted by molar-refractivity contribution is 7.89. The Morgan fingerprint density at radius 3 is 1.97 bits per heavy atom. The van der Waals surface area contributed by atoms with Crippen LogP contribution in [0.2, 0.25) is 18.1 Å². The van der Waals surface area contributed by atoms with E-state index in [4.69, 9.17) is 13.7 Å². The zero-order valence-corrected chi connectivity index (χ0v) is 21.1. The van der Waals surface area contributed by atoms with Gasteiger partial charge >= 0.3 is 7.12 Å². The monoisotopic (exact) mass is 441 g/mol. The van der Waals surface area contributed by atoms with E-state index in [1.54, 1.807) is 24.3 Å². The Bertz CT molecular complexity index is 800. The van der Waals surface area contributed by atoms with Crippen LogP contribution in [0.4, 0.5) is 0 Å². The molecule has 1 aliphatic rings. The lowest BCUT2D eigenvalue weighted by Gasteiger charge is -2.36. The third-order valence-electron chi connectivity index (χ3n) is 6.38. The minimum atomic E-state index is -3.60. The van der Waals surface area contributed by atoms with Crippen molar-refractivity contribution in [3.63, 3.8) is 0 Å². The van der Waals surface area contributed by atoms with Gasteiger partial charge in [-0.15, -0.1) is 0 Å². The van der Waals surface area contributed by atoms with Crippen LogP contribution in [0.3, 0.4) is 0 Å². The number of nitrogens with one attached hydrogen (secondary N) is 1. The van der Waals surface area contributed by atoms with Gasteiger partial charge in [-0.1, -0.05) is 32.9 Å². The van der Waals surface area contributed by atoms with E-state index in [2.05, 4.69) is 38.6 Å². The van der Waals surface area contributed by atoms with Gasteiger partial charge in [0.15, 0.2) is 8.32 Å². The largest absolute Gasteiger partial charge is 0.494 e. The molecule has 0 spiro atoms. The summed E-state index contributed by atoms with van der Waals surface area (Å²) < 4.78 is 45.8. The van der Waals surface area contributed by atoms with Gasteiger partial charge in [-0.25, -0.2) is 13.1 Å². The van der Waals surface area contributed by atoms with Gasteiger partial charge in [-0.2, -0.15) is 0 Å². The van der Waals surface area contributed by atoms with Crippen LogP contribution in [0.5, 0.6) is 0 Å². The van der Waals surface area contributed by atoms with Gasteiger partial charge in [0.05, 0.1) is 16.1 Å². The predicted molar refractivity (Wildman–Crippen MR) is 120 cm³/mol. The molecule has 0 radical (unpaired) electrons. The molecule has 0 amide bonds. The van der Waals surface area contributed by atoms with Crippen molar-refractivity contribution >= 4 is 30.9 Å². The summed E-state index contributed by atoms with van der Waals surface area (Å²) in [6.45, 7) is 19.3. The first kappa shape index (κ1) is 24.6. The molecule has 1 saturated heterocycles. The van der Waals surface area contributed by atoms with Crippen molar-refractivity contribution in [2.75, 3.05) is 13.2 Å². The normalized spacial score (nSPS) is 19.6. The second-order valence-corrected chi connectivity index (χ2v) is 16.7. The van der Waals surface area contributed by atoms with Crippen molar-refractivity contribution < 1.29 is 22.2 Å². The first-order valence-electron chi connectivity index (χ1n) is 10.1. The topological polar surface area (TPSA) is 73.9 Å². The SMILES string of the molecule is CC1(C)OB(c2ccc(S(=O)(=O)NCCO[Si](C)(C)C(C)(C)C)cc2)OC1(C)C. The van der Waals surface area contributed by atoms with Crippen LogP contribution in [-0.2, 0) is 23.8 Å². The van der Waals surface area contributed by atoms with E-state index in [1.807, 2.05) is 27.7 Å². The summed E-state index contributed by atoms with van der Waals surface area (Å²) in [5.41, 5.74) is -0.0775. The fourth-order valence-electron chi connectivity index (χ4n) is 2.57. The number of sulfonamides is 1. The van der Waals surface area contributed by atoms with E-state index in [0.717, 1.165) is 5.46 Å². The molecule has 0 saturated carbocycles. The smallest absolute Gasteiger partial charge is 0.415 e. The highest BCUT2D eigenvalue weighted by Crippen LogP contribution is 2.37. The Morgan fingerprint density at radius 2 is 1.52 bits per heavy atom. The number of rotatable bonds is 7. The van der Waals surface area contributed by atoms with Gasteiger partial charge in [-0.05, 0) is 63.4 Å². The zero-order valence-electron chi connectivity index (χ0n) is 19.3. The Labute approximate surface area is 178 Å². The van der Waals surface area contributed by atoms with E-state index in [9.17, 15) is 8.42 Å². The second-order valence-electron chi connectivity index (χ2n) is 10.2. The lowest BCUT2D eigenvalue weighted by atomic mass is 9.79. The molecule has 6 nitrogen and oxygen atoms in total. The number of benzene rings is 1. The molecule has 1 fully saturated rings. The van der Waals surface area contributed by atoms with Crippen LogP contribution >= 0.6 is 0 Å². The zero-order chi connectivity index (χ0) is 22.3. The predicted octanol–water partition coefficient (Wildman–Crippen LogP) is 3.29. The lowest BCUT2D eigenvalue weighted by Crippen LogP contribution is -2.42. The van der Waals surface area contributed by atoms with Gasteiger partial charge in [0.2, 0.25) is 10.0 Å². The molecule has 0 unspecified atom stereocenters. The van der Waals surface area contributed by atoms with Gasteiger partial charge in [0, 0.05) is 13.2 Å². The Kier molecular flexibility index (Phi) is 6.85. The van der Waals surface area contributed by atoms with Crippen molar-refractivity contribution in [2.24, 2.45) is 0 Å². The molecule has 0 aromatic heterocycles. The van der Waals surface area contributed by atoms with E-state index in [-0.39, 0.29) is 16.5 Å². The Balaban J connectivity index is 1.97. The van der Waals surface area contributed by atoms with Crippen molar-refractivity contribution in [1.82, 2.24) is 4.72 Å². The summed E-state index contributed by atoms with van der Waals surface area (Å²) in [6.07, 6.45) is 0. The summed E-state index contributed by atoms with van der Waals surface area (Å²) in [5.74, 6) is 0. The molecular weight excluding hydrogens is 405 g/mol. The summed E-state index contributed by atoms with van der Waals surface area (Å²) in [7, 11) is -6.00. The fourth-order valence-corrected chi connectivity index (χ4v) is 4.62. The quantitative estimate of drug-likeness (QED) is 0.519. The van der Waals surface area contributed by atoms with Gasteiger partial charge in [0.25, 0.3) is 0 Å². The van der Waals surface area contributed by atoms with Crippen LogP contribution in [0.1, 0.15) is 48.5 Å². The van der Waals surface area contributed by atoms with Crippen molar-refractivity contribution in [3.8, 4) is 0 Å². The Morgan fingerprint density at radius 1 is 1.03 bits per heavy atom. The lowest BCUT2D eigenvalue weighted by molar-refractivity contribution is 0.00578. The van der Waals surface area contributed by atoms with Crippen LogP contribution in [0.25, 0.3) is 0 Å². The number of hydrogen-bond donors (Lipinski definition) is 1. The molecule has 0 atom stereocenters. The minimum absolute atomic E-state index is 0.0925. The molecule has 9 heteroatoms. The maximum Gasteiger partial charge on any atom is 0.494 e. The molecule has 164 valence electrons. The van der Waals surface area contributed by atoms with Gasteiger partial charge in [-0.3, -0.25) is 0 Å². The highest BCUT2D eigenvalue weighted by Gasteiger charge is 2.51. The third kappa shape index (κ3) is 5.51. The first-order valence-corrected chi connectivity index (χ1v) is 14.5. The second kappa shape index (κ2) is 8.09. The molecule has 1 aliphatic heterocycles. The van der Waals surface area contributed by atoms with E-state index in [1.165, 1.54) is 0 Å². The summed E-state index contributed by atoms with van der Waals surface area (Å²) in [5, 5.41) is 0.0925. The molecule has 1 heterocycles. The third-order valence-corrected chi connectivity index (χ3v) is 12.4. The van der Waals surface area contributed by atoms with E-state index >= 15 is 0 Å². The van der Waals surface area contributed by atoms with Crippen molar-refractivity contribution in [1.29, 1.82) is 0 Å². The van der Waals surface area contributed by atoms with Crippen molar-refractivity contribution in [3.05, 3.63) is 24.3 Å².